The fourth-order valence-corrected chi connectivity index (χ4v) is 4.02. The number of hydrogen-bond donors (Lipinski definition) is 1. The zero-order valence-electron chi connectivity index (χ0n) is 22.1. The van der Waals surface area contributed by atoms with E-state index in [1.165, 1.54) is 12.1 Å². The Morgan fingerprint density at radius 1 is 0.895 bits per heavy atom. The molecule has 0 saturated carbocycles. The maximum absolute atomic E-state index is 13.5. The van der Waals surface area contributed by atoms with E-state index in [2.05, 4.69) is 18.3 Å². The zero-order chi connectivity index (χ0) is 26.7. The van der Waals surface area contributed by atoms with E-state index >= 15 is 0 Å². The highest BCUT2D eigenvalue weighted by atomic mass is 19.1. The van der Waals surface area contributed by atoms with Crippen LogP contribution >= 0.6 is 0 Å². The van der Waals surface area contributed by atoms with E-state index in [0.717, 1.165) is 57.1 Å². The van der Waals surface area contributed by atoms with Crippen molar-refractivity contribution in [3.8, 4) is 22.6 Å². The molecule has 0 amide bonds. The predicted octanol–water partition coefficient (Wildman–Crippen LogP) is 7.85. The summed E-state index contributed by atoms with van der Waals surface area (Å²) >= 11 is 0. The SMILES string of the molecule is CC/C=C/NC(=NCc1ccc(OCc2ccccc2)cc1)c1cc(-c2ccc(F)cc2)cc(OC)c1C. The molecule has 5 heteroatoms. The maximum atomic E-state index is 13.5. The Kier molecular flexibility index (Phi) is 9.30. The molecule has 0 atom stereocenters. The third-order valence-electron chi connectivity index (χ3n) is 6.18. The van der Waals surface area contributed by atoms with Gasteiger partial charge < -0.3 is 14.8 Å². The minimum atomic E-state index is -0.266. The second kappa shape index (κ2) is 13.2. The van der Waals surface area contributed by atoms with Gasteiger partial charge in [-0.3, -0.25) is 4.99 Å². The zero-order valence-corrected chi connectivity index (χ0v) is 22.1. The van der Waals surface area contributed by atoms with Gasteiger partial charge in [0.2, 0.25) is 0 Å². The van der Waals surface area contributed by atoms with Gasteiger partial charge in [-0.25, -0.2) is 4.39 Å². The lowest BCUT2D eigenvalue weighted by molar-refractivity contribution is 0.306. The summed E-state index contributed by atoms with van der Waals surface area (Å²) in [5.41, 5.74) is 5.92. The van der Waals surface area contributed by atoms with Gasteiger partial charge in [0.15, 0.2) is 0 Å². The van der Waals surface area contributed by atoms with Crippen molar-refractivity contribution in [2.45, 2.75) is 33.4 Å². The third-order valence-corrected chi connectivity index (χ3v) is 6.18. The predicted molar refractivity (Wildman–Crippen MR) is 153 cm³/mol. The first-order valence-electron chi connectivity index (χ1n) is 12.7. The number of nitrogens with one attached hydrogen (secondary N) is 1. The van der Waals surface area contributed by atoms with Crippen LogP contribution in [0.1, 0.15) is 35.6 Å². The molecule has 0 unspecified atom stereocenters. The van der Waals surface area contributed by atoms with Gasteiger partial charge in [-0.05, 0) is 78.2 Å². The average Bonchev–Trinajstić information content (AvgIpc) is 2.96. The van der Waals surface area contributed by atoms with E-state index in [4.69, 9.17) is 14.5 Å². The molecule has 0 saturated heterocycles. The molecule has 0 aliphatic rings. The van der Waals surface area contributed by atoms with Gasteiger partial charge in [0.1, 0.15) is 29.8 Å². The van der Waals surface area contributed by atoms with Crippen molar-refractivity contribution in [1.82, 2.24) is 5.32 Å². The van der Waals surface area contributed by atoms with E-state index in [1.807, 2.05) is 79.9 Å². The van der Waals surface area contributed by atoms with Crippen molar-refractivity contribution in [1.29, 1.82) is 0 Å². The number of methoxy groups -OCH3 is 1. The van der Waals surface area contributed by atoms with Crippen molar-refractivity contribution >= 4 is 5.84 Å². The molecule has 0 aliphatic carbocycles. The Bertz CT molecular complexity index is 1380. The summed E-state index contributed by atoms with van der Waals surface area (Å²) in [6.07, 6.45) is 4.86. The highest BCUT2D eigenvalue weighted by molar-refractivity contribution is 6.02. The van der Waals surface area contributed by atoms with Gasteiger partial charge in [-0.15, -0.1) is 0 Å². The smallest absolute Gasteiger partial charge is 0.133 e. The fourth-order valence-electron chi connectivity index (χ4n) is 4.02. The topological polar surface area (TPSA) is 42.9 Å². The van der Waals surface area contributed by atoms with E-state index < -0.39 is 0 Å². The summed E-state index contributed by atoms with van der Waals surface area (Å²) in [5.74, 6) is 2.03. The molecule has 0 spiro atoms. The molecule has 4 nitrogen and oxygen atoms in total. The normalized spacial score (nSPS) is 11.5. The number of rotatable bonds is 10. The monoisotopic (exact) mass is 508 g/mol. The lowest BCUT2D eigenvalue weighted by Gasteiger charge is -2.16. The Labute approximate surface area is 224 Å². The number of hydrogen-bond acceptors (Lipinski definition) is 3. The second-order valence-corrected chi connectivity index (χ2v) is 8.90. The van der Waals surface area contributed by atoms with E-state index in [1.54, 1.807) is 19.2 Å². The van der Waals surface area contributed by atoms with Crippen LogP contribution in [0.3, 0.4) is 0 Å². The van der Waals surface area contributed by atoms with Crippen molar-refractivity contribution in [3.63, 3.8) is 0 Å². The average molecular weight is 509 g/mol. The Hall–Kier alpha value is -4.38. The molecule has 4 aromatic rings. The van der Waals surface area contributed by atoms with Gasteiger partial charge in [-0.1, -0.05) is 67.6 Å². The molecule has 0 fully saturated rings. The molecule has 194 valence electrons. The largest absolute Gasteiger partial charge is 0.496 e. The van der Waals surface area contributed by atoms with Crippen LogP contribution in [0.25, 0.3) is 11.1 Å². The van der Waals surface area contributed by atoms with Crippen LogP contribution < -0.4 is 14.8 Å². The van der Waals surface area contributed by atoms with Crippen LogP contribution in [0.4, 0.5) is 4.39 Å². The Morgan fingerprint density at radius 3 is 2.32 bits per heavy atom. The second-order valence-electron chi connectivity index (χ2n) is 8.90. The molecule has 4 rings (SSSR count). The standard InChI is InChI=1S/C33H33FN2O2/c1-4-5-19-35-33(31-20-28(21-32(37-3)24(31)2)27-13-15-29(34)16-14-27)36-22-25-11-17-30(18-12-25)38-23-26-9-7-6-8-10-26/h5-21H,4,22-23H2,1-3H3,(H,35,36)/b19-5+. The van der Waals surface area contributed by atoms with Gasteiger partial charge in [0.05, 0.1) is 13.7 Å². The number of allylic oxidation sites excluding steroid dienone is 1. The van der Waals surface area contributed by atoms with Crippen LogP contribution in [-0.2, 0) is 13.2 Å². The third kappa shape index (κ3) is 7.10. The Morgan fingerprint density at radius 2 is 1.63 bits per heavy atom. The van der Waals surface area contributed by atoms with Crippen LogP contribution in [0, 0.1) is 12.7 Å². The lowest BCUT2D eigenvalue weighted by Crippen LogP contribution is -2.20. The highest BCUT2D eigenvalue weighted by Gasteiger charge is 2.14. The summed E-state index contributed by atoms with van der Waals surface area (Å²) in [7, 11) is 1.66. The number of nitrogens with zero attached hydrogens (tertiary/aromatic N) is 1. The minimum absolute atomic E-state index is 0.266. The molecule has 0 aromatic heterocycles. The Balaban J connectivity index is 1.59. The molecular weight excluding hydrogens is 475 g/mol. The van der Waals surface area contributed by atoms with Crippen molar-refractivity contribution < 1.29 is 13.9 Å². The quantitative estimate of drug-likeness (QED) is 0.175. The van der Waals surface area contributed by atoms with Gasteiger partial charge in [-0.2, -0.15) is 0 Å². The summed E-state index contributed by atoms with van der Waals surface area (Å²) in [6.45, 7) is 5.12. The van der Waals surface area contributed by atoms with Gasteiger partial charge >= 0.3 is 0 Å². The van der Waals surface area contributed by atoms with Crippen LogP contribution in [0.2, 0.25) is 0 Å². The number of benzene rings is 4. The number of ether oxygens (including phenoxy) is 2. The maximum Gasteiger partial charge on any atom is 0.133 e. The summed E-state index contributed by atoms with van der Waals surface area (Å²) in [5, 5.41) is 3.37. The molecule has 38 heavy (non-hydrogen) atoms. The number of aliphatic imine (C=N–C) groups is 1. The summed E-state index contributed by atoms with van der Waals surface area (Å²) < 4.78 is 25.1. The van der Waals surface area contributed by atoms with Crippen molar-refractivity contribution in [3.05, 3.63) is 131 Å². The number of amidine groups is 1. The van der Waals surface area contributed by atoms with Crippen molar-refractivity contribution in [2.24, 2.45) is 4.99 Å². The fraction of sp³-hybridized carbons (Fsp3) is 0.182. The lowest BCUT2D eigenvalue weighted by atomic mass is 9.98. The van der Waals surface area contributed by atoms with Crippen LogP contribution in [0.5, 0.6) is 11.5 Å². The van der Waals surface area contributed by atoms with E-state index in [9.17, 15) is 4.39 Å². The molecular formula is C33H33FN2O2. The van der Waals surface area contributed by atoms with Crippen molar-refractivity contribution in [2.75, 3.05) is 7.11 Å². The van der Waals surface area contributed by atoms with Gasteiger partial charge in [0.25, 0.3) is 0 Å². The molecule has 4 aromatic carbocycles. The van der Waals surface area contributed by atoms with Crippen LogP contribution in [0.15, 0.2) is 108 Å². The van der Waals surface area contributed by atoms with E-state index in [0.29, 0.717) is 13.2 Å². The molecule has 0 aliphatic heterocycles. The molecule has 0 bridgehead atoms. The van der Waals surface area contributed by atoms with Gasteiger partial charge in [0, 0.05) is 11.1 Å². The summed E-state index contributed by atoms with van der Waals surface area (Å²) in [6, 6.07) is 28.6. The van der Waals surface area contributed by atoms with Crippen LogP contribution in [-0.4, -0.2) is 12.9 Å². The highest BCUT2D eigenvalue weighted by Crippen LogP contribution is 2.30. The minimum Gasteiger partial charge on any atom is -0.496 e. The first-order chi connectivity index (χ1) is 18.6. The molecule has 1 N–H and O–H groups in total. The first kappa shape index (κ1) is 26.7. The molecule has 0 radical (unpaired) electrons. The number of halogens is 1. The first-order valence-corrected chi connectivity index (χ1v) is 12.7. The molecule has 0 heterocycles. The van der Waals surface area contributed by atoms with E-state index in [-0.39, 0.29) is 5.82 Å². The summed E-state index contributed by atoms with van der Waals surface area (Å²) in [4.78, 5) is 4.94.